The Kier molecular flexibility index (Phi) is 5.38. The summed E-state index contributed by atoms with van der Waals surface area (Å²) in [6.45, 7) is 2.83. The summed E-state index contributed by atoms with van der Waals surface area (Å²) < 4.78 is 5.33. The predicted octanol–water partition coefficient (Wildman–Crippen LogP) is 4.93. The molecule has 1 N–H and O–H groups in total. The Morgan fingerprint density at radius 2 is 1.95 bits per heavy atom. The lowest BCUT2D eigenvalue weighted by molar-refractivity contribution is 0.370. The molecular formula is C17H15Cl2NO. The lowest BCUT2D eigenvalue weighted by atomic mass is 10.2. The third-order valence-corrected chi connectivity index (χ3v) is 3.68. The number of hydrogen-bond acceptors (Lipinski definition) is 2. The van der Waals surface area contributed by atoms with Crippen molar-refractivity contribution in [3.63, 3.8) is 0 Å². The average Bonchev–Trinajstić information content (AvgIpc) is 2.47. The van der Waals surface area contributed by atoms with Crippen molar-refractivity contribution in [2.24, 2.45) is 0 Å². The molecular weight excluding hydrogens is 305 g/mol. The minimum atomic E-state index is 0.208. The first-order valence-corrected chi connectivity index (χ1v) is 7.20. The summed E-state index contributed by atoms with van der Waals surface area (Å²) in [5.74, 6) is 3.00. The van der Waals surface area contributed by atoms with E-state index < -0.39 is 0 Å². The molecule has 108 valence electrons. The monoisotopic (exact) mass is 319 g/mol. The molecule has 0 radical (unpaired) electrons. The zero-order valence-corrected chi connectivity index (χ0v) is 13.1. The van der Waals surface area contributed by atoms with Crippen molar-refractivity contribution in [3.05, 3.63) is 57.6 Å². The Balaban J connectivity index is 2.01. The molecule has 0 spiro atoms. The van der Waals surface area contributed by atoms with Crippen LogP contribution in [0, 0.1) is 19.3 Å². The van der Waals surface area contributed by atoms with E-state index in [9.17, 15) is 0 Å². The van der Waals surface area contributed by atoms with Gasteiger partial charge in [0.25, 0.3) is 0 Å². The van der Waals surface area contributed by atoms with Gasteiger partial charge in [-0.25, -0.2) is 0 Å². The molecule has 0 unspecified atom stereocenters. The molecule has 2 rings (SSSR count). The van der Waals surface area contributed by atoms with Gasteiger partial charge in [-0.15, -0.1) is 6.42 Å². The molecule has 0 bridgehead atoms. The quantitative estimate of drug-likeness (QED) is 0.789. The molecule has 2 aromatic rings. The van der Waals surface area contributed by atoms with E-state index in [4.69, 9.17) is 34.4 Å². The second-order valence-electron chi connectivity index (χ2n) is 4.58. The maximum Gasteiger partial charge on any atom is 0.148 e. The lowest BCUT2D eigenvalue weighted by Gasteiger charge is -2.10. The molecule has 2 nitrogen and oxygen atoms in total. The number of benzene rings is 2. The van der Waals surface area contributed by atoms with Gasteiger partial charge in [0.1, 0.15) is 12.4 Å². The van der Waals surface area contributed by atoms with Gasteiger partial charge in [0, 0.05) is 17.3 Å². The fraction of sp³-hybridized carbons (Fsp3) is 0.176. The second-order valence-corrected chi connectivity index (χ2v) is 5.39. The molecule has 0 heterocycles. The highest BCUT2D eigenvalue weighted by Crippen LogP contribution is 2.26. The van der Waals surface area contributed by atoms with Crippen molar-refractivity contribution in [2.75, 3.05) is 11.9 Å². The first-order valence-electron chi connectivity index (χ1n) is 6.45. The van der Waals surface area contributed by atoms with E-state index in [1.54, 1.807) is 0 Å². The Labute approximate surface area is 135 Å². The van der Waals surface area contributed by atoms with Crippen LogP contribution in [0.1, 0.15) is 11.1 Å². The van der Waals surface area contributed by atoms with E-state index >= 15 is 0 Å². The summed E-state index contributed by atoms with van der Waals surface area (Å²) in [6.07, 6.45) is 5.15. The summed E-state index contributed by atoms with van der Waals surface area (Å²) in [4.78, 5) is 0. The third kappa shape index (κ3) is 4.32. The van der Waals surface area contributed by atoms with Gasteiger partial charge in [-0.3, -0.25) is 0 Å². The fourth-order valence-electron chi connectivity index (χ4n) is 1.80. The molecule has 4 heteroatoms. The van der Waals surface area contributed by atoms with E-state index in [0.717, 1.165) is 21.8 Å². The Bertz CT molecular complexity index is 677. The number of terminal acetylenes is 1. The highest BCUT2D eigenvalue weighted by Gasteiger charge is 2.03. The van der Waals surface area contributed by atoms with Crippen molar-refractivity contribution in [2.45, 2.75) is 13.5 Å². The van der Waals surface area contributed by atoms with Crippen LogP contribution in [0.2, 0.25) is 10.0 Å². The van der Waals surface area contributed by atoms with Gasteiger partial charge in [0.2, 0.25) is 0 Å². The normalized spacial score (nSPS) is 10.0. The molecule has 0 saturated carbocycles. The van der Waals surface area contributed by atoms with Crippen LogP contribution >= 0.6 is 23.2 Å². The summed E-state index contributed by atoms with van der Waals surface area (Å²) in [5, 5.41) is 4.60. The highest BCUT2D eigenvalue weighted by molar-refractivity contribution is 6.32. The van der Waals surface area contributed by atoms with Crippen molar-refractivity contribution in [3.8, 4) is 18.1 Å². The van der Waals surface area contributed by atoms with Crippen LogP contribution in [-0.4, -0.2) is 6.61 Å². The summed E-state index contributed by atoms with van der Waals surface area (Å²) in [7, 11) is 0. The number of anilines is 1. The van der Waals surface area contributed by atoms with Crippen molar-refractivity contribution >= 4 is 28.9 Å². The van der Waals surface area contributed by atoms with Crippen molar-refractivity contribution < 1.29 is 4.74 Å². The van der Waals surface area contributed by atoms with Crippen LogP contribution in [0.3, 0.4) is 0 Å². The average molecular weight is 320 g/mol. The Morgan fingerprint density at radius 1 is 1.14 bits per heavy atom. The van der Waals surface area contributed by atoms with E-state index in [0.29, 0.717) is 17.3 Å². The second kappa shape index (κ2) is 7.26. The van der Waals surface area contributed by atoms with Gasteiger partial charge in [-0.1, -0.05) is 41.3 Å². The van der Waals surface area contributed by atoms with Crippen LogP contribution in [-0.2, 0) is 6.54 Å². The number of rotatable bonds is 5. The first-order chi connectivity index (χ1) is 10.1. The molecule has 0 aliphatic heterocycles. The standard InChI is InChI=1S/C17H15Cl2NO/c1-3-8-21-17-7-5-13(9-16(17)19)11-20-14-6-4-12(2)15(18)10-14/h1,4-7,9-10,20H,8,11H2,2H3. The molecule has 2 aromatic carbocycles. The topological polar surface area (TPSA) is 21.3 Å². The molecule has 0 aliphatic carbocycles. The summed E-state index contributed by atoms with van der Waals surface area (Å²) in [6, 6.07) is 11.5. The Hall–Kier alpha value is -1.82. The number of hydrogen-bond donors (Lipinski definition) is 1. The molecule has 0 amide bonds. The zero-order chi connectivity index (χ0) is 15.2. The van der Waals surface area contributed by atoms with Crippen LogP contribution in [0.4, 0.5) is 5.69 Å². The number of ether oxygens (including phenoxy) is 1. The van der Waals surface area contributed by atoms with Gasteiger partial charge >= 0.3 is 0 Å². The smallest absolute Gasteiger partial charge is 0.148 e. The van der Waals surface area contributed by atoms with Gasteiger partial charge < -0.3 is 10.1 Å². The van der Waals surface area contributed by atoms with Crippen LogP contribution in [0.25, 0.3) is 0 Å². The van der Waals surface area contributed by atoms with Crippen molar-refractivity contribution in [1.82, 2.24) is 0 Å². The number of nitrogens with one attached hydrogen (secondary N) is 1. The van der Waals surface area contributed by atoms with E-state index in [1.165, 1.54) is 0 Å². The molecule has 0 fully saturated rings. The van der Waals surface area contributed by atoms with Gasteiger partial charge in [0.15, 0.2) is 0 Å². The first kappa shape index (κ1) is 15.6. The minimum Gasteiger partial charge on any atom is -0.479 e. The van der Waals surface area contributed by atoms with E-state index in [1.807, 2.05) is 43.3 Å². The maximum absolute atomic E-state index is 6.15. The van der Waals surface area contributed by atoms with Crippen LogP contribution in [0.15, 0.2) is 36.4 Å². The summed E-state index contributed by atoms with van der Waals surface area (Å²) >= 11 is 12.2. The number of aryl methyl sites for hydroxylation is 1. The minimum absolute atomic E-state index is 0.208. The van der Waals surface area contributed by atoms with Gasteiger partial charge in [0.05, 0.1) is 5.02 Å². The van der Waals surface area contributed by atoms with Crippen molar-refractivity contribution in [1.29, 1.82) is 0 Å². The molecule has 0 saturated heterocycles. The van der Waals surface area contributed by atoms with E-state index in [-0.39, 0.29) is 6.61 Å². The van der Waals surface area contributed by atoms with Crippen LogP contribution < -0.4 is 10.1 Å². The largest absolute Gasteiger partial charge is 0.479 e. The summed E-state index contributed by atoms with van der Waals surface area (Å²) in [5.41, 5.74) is 3.07. The zero-order valence-electron chi connectivity index (χ0n) is 11.6. The predicted molar refractivity (Wildman–Crippen MR) is 89.3 cm³/mol. The van der Waals surface area contributed by atoms with E-state index in [2.05, 4.69) is 11.2 Å². The fourth-order valence-corrected chi connectivity index (χ4v) is 2.24. The maximum atomic E-state index is 6.15. The molecule has 0 aromatic heterocycles. The highest BCUT2D eigenvalue weighted by atomic mass is 35.5. The molecule has 0 aliphatic rings. The Morgan fingerprint density at radius 3 is 2.62 bits per heavy atom. The number of halogens is 2. The molecule has 0 atom stereocenters. The third-order valence-electron chi connectivity index (χ3n) is 2.98. The molecule has 21 heavy (non-hydrogen) atoms. The lowest BCUT2D eigenvalue weighted by Crippen LogP contribution is -2.00. The van der Waals surface area contributed by atoms with Gasteiger partial charge in [-0.2, -0.15) is 0 Å². The SMILES string of the molecule is C#CCOc1ccc(CNc2ccc(C)c(Cl)c2)cc1Cl. The van der Waals surface area contributed by atoms with Crippen LogP contribution in [0.5, 0.6) is 5.75 Å². The van der Waals surface area contributed by atoms with Gasteiger partial charge in [-0.05, 0) is 42.3 Å².